The number of halogens is 1. The van der Waals surface area contributed by atoms with E-state index in [-0.39, 0.29) is 23.6 Å². The topological polar surface area (TPSA) is 102 Å². The molecule has 17 heavy (non-hydrogen) atoms. The number of nitro benzene ring substituents is 1. The molecule has 1 rings (SSSR count). The summed E-state index contributed by atoms with van der Waals surface area (Å²) < 4.78 is 18.4. The average molecular weight is 239 g/mol. The number of benzene rings is 1. The summed E-state index contributed by atoms with van der Waals surface area (Å²) in [7, 11) is 0. The van der Waals surface area contributed by atoms with Crippen LogP contribution in [-0.4, -0.2) is 17.6 Å². The summed E-state index contributed by atoms with van der Waals surface area (Å²) in [4.78, 5) is 9.86. The van der Waals surface area contributed by atoms with Crippen LogP contribution in [0.15, 0.2) is 12.1 Å². The van der Waals surface area contributed by atoms with E-state index in [0.29, 0.717) is 0 Å². The van der Waals surface area contributed by atoms with E-state index in [4.69, 9.17) is 15.7 Å². The average Bonchev–Trinajstić information content (AvgIpc) is 2.28. The zero-order valence-electron chi connectivity index (χ0n) is 9.01. The van der Waals surface area contributed by atoms with Crippen molar-refractivity contribution >= 4 is 5.69 Å². The predicted octanol–water partition coefficient (Wildman–Crippen LogP) is 1.27. The molecule has 0 aliphatic heterocycles. The van der Waals surface area contributed by atoms with Crippen LogP contribution in [0.2, 0.25) is 0 Å². The van der Waals surface area contributed by atoms with Crippen molar-refractivity contribution in [3.8, 4) is 11.8 Å². The first-order valence-electron chi connectivity index (χ1n) is 4.68. The molecule has 0 fully saturated rings. The standard InChI is InChI=1S/C10H10FN3O3/c1-6-2-10(17-5-7(13)4-12)8(11)3-9(6)14(15)16/h2-3,7H,5,13H2,1H3. The lowest BCUT2D eigenvalue weighted by Gasteiger charge is -2.09. The highest BCUT2D eigenvalue weighted by atomic mass is 19.1. The first-order valence-corrected chi connectivity index (χ1v) is 4.68. The number of nitrogens with zero attached hydrogens (tertiary/aromatic N) is 2. The second kappa shape index (κ2) is 5.23. The summed E-state index contributed by atoms with van der Waals surface area (Å²) in [5.41, 5.74) is 5.23. The van der Waals surface area contributed by atoms with E-state index in [0.717, 1.165) is 6.07 Å². The molecule has 0 aliphatic carbocycles. The highest BCUT2D eigenvalue weighted by Crippen LogP contribution is 2.26. The smallest absolute Gasteiger partial charge is 0.275 e. The fourth-order valence-electron chi connectivity index (χ4n) is 1.17. The highest BCUT2D eigenvalue weighted by Gasteiger charge is 2.16. The molecule has 0 saturated heterocycles. The Kier molecular flexibility index (Phi) is 3.96. The SMILES string of the molecule is Cc1cc(OCC(N)C#N)c(F)cc1[N+](=O)[O-]. The fraction of sp³-hybridized carbons (Fsp3) is 0.300. The van der Waals surface area contributed by atoms with Crippen LogP contribution in [0.5, 0.6) is 5.75 Å². The number of nitriles is 1. The minimum absolute atomic E-state index is 0.154. The Bertz CT molecular complexity index is 484. The van der Waals surface area contributed by atoms with Gasteiger partial charge in [0.1, 0.15) is 12.6 Å². The van der Waals surface area contributed by atoms with Crippen molar-refractivity contribution in [2.45, 2.75) is 13.0 Å². The Balaban J connectivity index is 2.93. The Hall–Kier alpha value is -2.20. The van der Waals surface area contributed by atoms with Crippen LogP contribution in [0.3, 0.4) is 0 Å². The van der Waals surface area contributed by atoms with E-state index in [1.54, 1.807) is 6.07 Å². The van der Waals surface area contributed by atoms with Gasteiger partial charge in [-0.1, -0.05) is 0 Å². The van der Waals surface area contributed by atoms with Crippen LogP contribution in [0.4, 0.5) is 10.1 Å². The maximum Gasteiger partial charge on any atom is 0.275 e. The molecule has 1 unspecified atom stereocenters. The third-order valence-electron chi connectivity index (χ3n) is 2.03. The van der Waals surface area contributed by atoms with E-state index in [9.17, 15) is 14.5 Å². The molecule has 1 aromatic carbocycles. The number of hydrogen-bond acceptors (Lipinski definition) is 5. The summed E-state index contributed by atoms with van der Waals surface area (Å²) in [6.45, 7) is 1.29. The van der Waals surface area contributed by atoms with Crippen molar-refractivity contribution < 1.29 is 14.1 Å². The van der Waals surface area contributed by atoms with Crippen molar-refractivity contribution in [1.82, 2.24) is 0 Å². The van der Waals surface area contributed by atoms with Crippen LogP contribution >= 0.6 is 0 Å². The minimum Gasteiger partial charge on any atom is -0.488 e. The molecule has 1 atom stereocenters. The van der Waals surface area contributed by atoms with Gasteiger partial charge in [0, 0.05) is 5.56 Å². The molecule has 0 spiro atoms. The summed E-state index contributed by atoms with van der Waals surface area (Å²) in [6, 6.07) is 2.84. The Morgan fingerprint density at radius 1 is 1.71 bits per heavy atom. The maximum absolute atomic E-state index is 13.4. The summed E-state index contributed by atoms with van der Waals surface area (Å²) in [6.07, 6.45) is 0. The van der Waals surface area contributed by atoms with Crippen LogP contribution in [0.25, 0.3) is 0 Å². The van der Waals surface area contributed by atoms with Gasteiger partial charge in [0.2, 0.25) is 0 Å². The van der Waals surface area contributed by atoms with Gasteiger partial charge in [-0.15, -0.1) is 0 Å². The van der Waals surface area contributed by atoms with Crippen molar-refractivity contribution in [2.75, 3.05) is 6.61 Å². The second-order valence-electron chi connectivity index (χ2n) is 3.37. The normalized spacial score (nSPS) is 11.6. The van der Waals surface area contributed by atoms with Gasteiger partial charge in [0.25, 0.3) is 5.69 Å². The van der Waals surface area contributed by atoms with Crippen molar-refractivity contribution in [3.63, 3.8) is 0 Å². The molecule has 1 aromatic rings. The molecule has 0 radical (unpaired) electrons. The lowest BCUT2D eigenvalue weighted by Crippen LogP contribution is -2.25. The first-order chi connectivity index (χ1) is 7.95. The third kappa shape index (κ3) is 3.12. The second-order valence-corrected chi connectivity index (χ2v) is 3.37. The quantitative estimate of drug-likeness (QED) is 0.629. The molecule has 0 aromatic heterocycles. The molecule has 0 heterocycles. The van der Waals surface area contributed by atoms with E-state index >= 15 is 0 Å². The lowest BCUT2D eigenvalue weighted by molar-refractivity contribution is -0.385. The van der Waals surface area contributed by atoms with E-state index in [1.807, 2.05) is 0 Å². The summed E-state index contributed by atoms with van der Waals surface area (Å²) >= 11 is 0. The molecule has 90 valence electrons. The largest absolute Gasteiger partial charge is 0.488 e. The zero-order valence-corrected chi connectivity index (χ0v) is 9.01. The molecule has 7 heteroatoms. The fourth-order valence-corrected chi connectivity index (χ4v) is 1.17. The highest BCUT2D eigenvalue weighted by molar-refractivity contribution is 5.45. The number of nitrogens with two attached hydrogens (primary N) is 1. The number of rotatable bonds is 4. The Morgan fingerprint density at radius 3 is 2.88 bits per heavy atom. The minimum atomic E-state index is -0.870. The van der Waals surface area contributed by atoms with Crippen molar-refractivity contribution in [3.05, 3.63) is 33.6 Å². The number of hydrogen-bond donors (Lipinski definition) is 1. The number of aryl methyl sites for hydroxylation is 1. The molecule has 0 bridgehead atoms. The van der Waals surface area contributed by atoms with Crippen molar-refractivity contribution in [1.29, 1.82) is 5.26 Å². The maximum atomic E-state index is 13.4. The first kappa shape index (κ1) is 12.9. The van der Waals surface area contributed by atoms with Gasteiger partial charge in [0.15, 0.2) is 11.6 Å². The summed E-state index contributed by atoms with van der Waals surface area (Å²) in [5, 5.41) is 18.9. The molecule has 0 saturated carbocycles. The van der Waals surface area contributed by atoms with Crippen LogP contribution in [-0.2, 0) is 0 Å². The van der Waals surface area contributed by atoms with Crippen molar-refractivity contribution in [2.24, 2.45) is 5.73 Å². The summed E-state index contributed by atoms with van der Waals surface area (Å²) in [5.74, 6) is -1.01. The molecular weight excluding hydrogens is 229 g/mol. The van der Waals surface area contributed by atoms with E-state index in [2.05, 4.69) is 0 Å². The van der Waals surface area contributed by atoms with Crippen LogP contribution in [0.1, 0.15) is 5.56 Å². The van der Waals surface area contributed by atoms with Gasteiger partial charge in [0.05, 0.1) is 17.1 Å². The molecule has 0 amide bonds. The third-order valence-corrected chi connectivity index (χ3v) is 2.03. The van der Waals surface area contributed by atoms with Crippen LogP contribution in [0, 0.1) is 34.2 Å². The van der Waals surface area contributed by atoms with E-state index < -0.39 is 16.8 Å². The molecule has 2 N–H and O–H groups in total. The van der Waals surface area contributed by atoms with Gasteiger partial charge >= 0.3 is 0 Å². The monoisotopic (exact) mass is 239 g/mol. The molecular formula is C10H10FN3O3. The molecule has 0 aliphatic rings. The van der Waals surface area contributed by atoms with Gasteiger partial charge in [-0.2, -0.15) is 5.26 Å². The Labute approximate surface area is 96.6 Å². The van der Waals surface area contributed by atoms with Gasteiger partial charge < -0.3 is 10.5 Å². The van der Waals surface area contributed by atoms with Crippen LogP contribution < -0.4 is 10.5 Å². The van der Waals surface area contributed by atoms with Gasteiger partial charge in [-0.3, -0.25) is 10.1 Å². The lowest BCUT2D eigenvalue weighted by atomic mass is 10.2. The predicted molar refractivity (Wildman–Crippen MR) is 56.9 cm³/mol. The van der Waals surface area contributed by atoms with Gasteiger partial charge in [-0.25, -0.2) is 4.39 Å². The number of ether oxygens (including phenoxy) is 1. The zero-order chi connectivity index (χ0) is 13.0. The number of nitro groups is 1. The van der Waals surface area contributed by atoms with E-state index in [1.165, 1.54) is 13.0 Å². The van der Waals surface area contributed by atoms with Gasteiger partial charge in [-0.05, 0) is 13.0 Å². The Morgan fingerprint density at radius 2 is 2.35 bits per heavy atom. The molecule has 6 nitrogen and oxygen atoms in total.